The first-order valence-electron chi connectivity index (χ1n) is 8.31. The molecule has 0 saturated heterocycles. The summed E-state index contributed by atoms with van der Waals surface area (Å²) in [5, 5.41) is 3.02. The lowest BCUT2D eigenvalue weighted by molar-refractivity contribution is 0.0899. The molecule has 0 spiro atoms. The second-order valence-corrected chi connectivity index (χ2v) is 7.31. The van der Waals surface area contributed by atoms with Crippen molar-refractivity contribution in [3.05, 3.63) is 60.3 Å². The summed E-state index contributed by atoms with van der Waals surface area (Å²) in [6, 6.07) is 11.8. The van der Waals surface area contributed by atoms with Gasteiger partial charge in [-0.2, -0.15) is 0 Å². The largest absolute Gasteiger partial charge is 0.346 e. The highest BCUT2D eigenvalue weighted by molar-refractivity contribution is 5.94. The number of pyridine rings is 1. The third-order valence-electron chi connectivity index (χ3n) is 4.52. The molecule has 1 atom stereocenters. The number of rotatable bonds is 3. The van der Waals surface area contributed by atoms with Crippen LogP contribution in [0.4, 0.5) is 4.39 Å². The van der Waals surface area contributed by atoms with E-state index in [0.717, 1.165) is 11.1 Å². The molecule has 3 aromatic rings. The fourth-order valence-corrected chi connectivity index (χ4v) is 2.50. The van der Waals surface area contributed by atoms with E-state index in [0.29, 0.717) is 11.5 Å². The maximum Gasteiger partial charge on any atom is 0.287 e. The fourth-order valence-electron chi connectivity index (χ4n) is 2.50. The molecule has 4 nitrogen and oxygen atoms in total. The zero-order valence-corrected chi connectivity index (χ0v) is 14.9. The summed E-state index contributed by atoms with van der Waals surface area (Å²) in [6.45, 7) is 8.21. The van der Waals surface area contributed by atoms with Crippen molar-refractivity contribution in [3.63, 3.8) is 0 Å². The third-order valence-corrected chi connectivity index (χ3v) is 4.52. The summed E-state index contributed by atoms with van der Waals surface area (Å²) in [5.41, 5.74) is 2.19. The highest BCUT2D eigenvalue weighted by atomic mass is 19.1. The first kappa shape index (κ1) is 17.1. The van der Waals surface area contributed by atoms with Crippen molar-refractivity contribution in [1.82, 2.24) is 14.7 Å². The smallest absolute Gasteiger partial charge is 0.287 e. The number of hydrogen-bond acceptors (Lipinski definition) is 2. The van der Waals surface area contributed by atoms with Crippen molar-refractivity contribution < 1.29 is 9.18 Å². The second kappa shape index (κ2) is 6.31. The van der Waals surface area contributed by atoms with Gasteiger partial charge in [0.25, 0.3) is 5.91 Å². The molecule has 0 aliphatic heterocycles. The number of nitrogens with one attached hydrogen (secondary N) is 1. The molecule has 5 heteroatoms. The topological polar surface area (TPSA) is 46.4 Å². The number of nitrogens with zero attached hydrogens (tertiary/aromatic N) is 2. The quantitative estimate of drug-likeness (QED) is 0.773. The summed E-state index contributed by atoms with van der Waals surface area (Å²) >= 11 is 0. The van der Waals surface area contributed by atoms with Gasteiger partial charge in [-0.3, -0.25) is 9.20 Å². The van der Waals surface area contributed by atoms with E-state index in [-0.39, 0.29) is 23.2 Å². The number of hydrogen-bond donors (Lipinski definition) is 1. The van der Waals surface area contributed by atoms with Crippen LogP contribution in [0.1, 0.15) is 38.3 Å². The van der Waals surface area contributed by atoms with Gasteiger partial charge >= 0.3 is 0 Å². The number of carbonyl (C=O) groups is 1. The summed E-state index contributed by atoms with van der Waals surface area (Å²) < 4.78 is 15.0. The molecule has 25 heavy (non-hydrogen) atoms. The van der Waals surface area contributed by atoms with Crippen LogP contribution in [0.25, 0.3) is 16.8 Å². The molecule has 0 aliphatic carbocycles. The van der Waals surface area contributed by atoms with Gasteiger partial charge in [0.1, 0.15) is 5.82 Å². The lowest BCUT2D eigenvalue weighted by atomic mass is 9.88. The van der Waals surface area contributed by atoms with Gasteiger partial charge < -0.3 is 5.32 Å². The molecule has 0 saturated carbocycles. The fraction of sp³-hybridized carbons (Fsp3) is 0.300. The van der Waals surface area contributed by atoms with E-state index in [9.17, 15) is 9.18 Å². The van der Waals surface area contributed by atoms with Crippen molar-refractivity contribution >= 4 is 11.4 Å². The number of halogens is 1. The number of fused-ring (bicyclic) bond motifs is 1. The van der Waals surface area contributed by atoms with Crippen molar-refractivity contribution in [3.8, 4) is 11.3 Å². The lowest BCUT2D eigenvalue weighted by Crippen LogP contribution is -2.42. The minimum Gasteiger partial charge on any atom is -0.346 e. The molecule has 3 rings (SSSR count). The third kappa shape index (κ3) is 3.40. The van der Waals surface area contributed by atoms with Crippen molar-refractivity contribution in [2.24, 2.45) is 5.41 Å². The zero-order valence-electron chi connectivity index (χ0n) is 14.9. The van der Waals surface area contributed by atoms with Crippen LogP contribution in [0.2, 0.25) is 0 Å². The van der Waals surface area contributed by atoms with Crippen LogP contribution in [0.3, 0.4) is 0 Å². The molecule has 0 bridgehead atoms. The standard InChI is InChI=1S/C20H22FN3O/c1-13(20(2,3)4)22-19(25)18-23-17(14-8-10-15(21)11-9-14)16-7-5-6-12-24(16)18/h5-13H,1-4H3,(H,22,25)/t13-/m0/s1. The Kier molecular flexibility index (Phi) is 4.33. The van der Waals surface area contributed by atoms with Crippen molar-refractivity contribution in [2.75, 3.05) is 0 Å². The maximum atomic E-state index is 13.2. The van der Waals surface area contributed by atoms with Gasteiger partial charge in [0.2, 0.25) is 5.82 Å². The molecular formula is C20H22FN3O. The number of aromatic nitrogens is 2. The number of amides is 1. The Morgan fingerprint density at radius 3 is 2.48 bits per heavy atom. The molecule has 1 aromatic carbocycles. The Bertz CT molecular complexity index is 907. The molecule has 0 radical (unpaired) electrons. The van der Waals surface area contributed by atoms with Gasteiger partial charge in [-0.05, 0) is 48.7 Å². The summed E-state index contributed by atoms with van der Waals surface area (Å²) in [6.07, 6.45) is 1.81. The highest BCUT2D eigenvalue weighted by Gasteiger charge is 2.25. The Balaban J connectivity index is 2.05. The van der Waals surface area contributed by atoms with Gasteiger partial charge in [0.15, 0.2) is 0 Å². The van der Waals surface area contributed by atoms with Crippen LogP contribution in [0.5, 0.6) is 0 Å². The predicted molar refractivity (Wildman–Crippen MR) is 97.0 cm³/mol. The SMILES string of the molecule is C[C@H](NC(=O)c1nc(-c2ccc(F)cc2)c2ccccn12)C(C)(C)C. The minimum absolute atomic E-state index is 0.00895. The van der Waals surface area contributed by atoms with Crippen molar-refractivity contribution in [1.29, 1.82) is 0 Å². The molecule has 0 unspecified atom stereocenters. The first-order valence-corrected chi connectivity index (χ1v) is 8.31. The molecular weight excluding hydrogens is 317 g/mol. The average Bonchev–Trinajstić information content (AvgIpc) is 2.94. The van der Waals surface area contributed by atoms with Crippen LogP contribution in [-0.4, -0.2) is 21.3 Å². The summed E-state index contributed by atoms with van der Waals surface area (Å²) in [4.78, 5) is 17.3. The van der Waals surface area contributed by atoms with Crippen LogP contribution in [0.15, 0.2) is 48.7 Å². The summed E-state index contributed by atoms with van der Waals surface area (Å²) in [5.74, 6) is -0.202. The maximum absolute atomic E-state index is 13.2. The molecule has 2 heterocycles. The Labute approximate surface area is 146 Å². The number of imidazole rings is 1. The van der Waals surface area contributed by atoms with E-state index in [4.69, 9.17) is 0 Å². The zero-order chi connectivity index (χ0) is 18.2. The van der Waals surface area contributed by atoms with E-state index in [2.05, 4.69) is 31.1 Å². The van der Waals surface area contributed by atoms with E-state index in [1.54, 1.807) is 16.5 Å². The van der Waals surface area contributed by atoms with E-state index in [1.165, 1.54) is 12.1 Å². The normalized spacial score (nSPS) is 13.0. The van der Waals surface area contributed by atoms with Crippen LogP contribution in [-0.2, 0) is 0 Å². The van der Waals surface area contributed by atoms with Crippen LogP contribution >= 0.6 is 0 Å². The molecule has 1 N–H and O–H groups in total. The average molecular weight is 339 g/mol. The molecule has 0 fully saturated rings. The number of carbonyl (C=O) groups excluding carboxylic acids is 1. The monoisotopic (exact) mass is 339 g/mol. The van der Waals surface area contributed by atoms with Gasteiger partial charge in [-0.15, -0.1) is 0 Å². The van der Waals surface area contributed by atoms with Crippen LogP contribution in [0, 0.1) is 11.2 Å². The summed E-state index contributed by atoms with van der Waals surface area (Å²) in [7, 11) is 0. The van der Waals surface area contributed by atoms with Crippen molar-refractivity contribution in [2.45, 2.75) is 33.7 Å². The Hall–Kier alpha value is -2.69. The molecule has 0 aliphatic rings. The van der Waals surface area contributed by atoms with Crippen LogP contribution < -0.4 is 5.32 Å². The first-order chi connectivity index (χ1) is 11.8. The Morgan fingerprint density at radius 1 is 1.16 bits per heavy atom. The Morgan fingerprint density at radius 2 is 1.84 bits per heavy atom. The van der Waals surface area contributed by atoms with E-state index >= 15 is 0 Å². The second-order valence-electron chi connectivity index (χ2n) is 7.31. The van der Waals surface area contributed by atoms with Gasteiger partial charge in [0, 0.05) is 17.8 Å². The van der Waals surface area contributed by atoms with Gasteiger partial charge in [-0.1, -0.05) is 26.8 Å². The number of benzene rings is 1. The predicted octanol–water partition coefficient (Wildman–Crippen LogP) is 4.30. The lowest BCUT2D eigenvalue weighted by Gasteiger charge is -2.27. The highest BCUT2D eigenvalue weighted by Crippen LogP contribution is 2.26. The molecule has 2 aromatic heterocycles. The minimum atomic E-state index is -0.302. The molecule has 130 valence electrons. The van der Waals surface area contributed by atoms with Gasteiger partial charge in [-0.25, -0.2) is 9.37 Å². The van der Waals surface area contributed by atoms with Gasteiger partial charge in [0.05, 0.1) is 11.2 Å². The molecule has 1 amide bonds. The van der Waals surface area contributed by atoms with E-state index < -0.39 is 0 Å². The van der Waals surface area contributed by atoms with E-state index in [1.807, 2.05) is 31.3 Å².